The number of thiazole rings is 1. The number of aromatic nitrogens is 1. The molecule has 0 bridgehead atoms. The smallest absolute Gasteiger partial charge is 0.251 e. The Morgan fingerprint density at radius 3 is 2.84 bits per heavy atom. The third-order valence-electron chi connectivity index (χ3n) is 3.42. The van der Waals surface area contributed by atoms with E-state index >= 15 is 0 Å². The molecule has 0 saturated carbocycles. The quantitative estimate of drug-likeness (QED) is 0.620. The van der Waals surface area contributed by atoms with Crippen molar-refractivity contribution in [2.24, 2.45) is 0 Å². The van der Waals surface area contributed by atoms with Crippen LogP contribution >= 0.6 is 22.9 Å². The van der Waals surface area contributed by atoms with E-state index in [0.29, 0.717) is 48.3 Å². The number of hydrogen-bond acceptors (Lipinski definition) is 5. The number of nitrogens with zero attached hydrogens (tertiary/aromatic N) is 1. The molecule has 0 unspecified atom stereocenters. The van der Waals surface area contributed by atoms with Crippen LogP contribution in [0.5, 0.6) is 11.5 Å². The van der Waals surface area contributed by atoms with Gasteiger partial charge in [0.15, 0.2) is 11.5 Å². The van der Waals surface area contributed by atoms with Crippen LogP contribution in [0.1, 0.15) is 42.1 Å². The lowest BCUT2D eigenvalue weighted by atomic mass is 10.2. The fourth-order valence-corrected chi connectivity index (χ4v) is 3.07. The number of amides is 1. The van der Waals surface area contributed by atoms with E-state index in [9.17, 15) is 4.79 Å². The lowest BCUT2D eigenvalue weighted by Crippen LogP contribution is -2.25. The average Bonchev–Trinajstić information content (AvgIpc) is 3.10. The lowest BCUT2D eigenvalue weighted by Gasteiger charge is -2.15. The van der Waals surface area contributed by atoms with Crippen molar-refractivity contribution in [2.45, 2.75) is 33.1 Å². The molecular weight excluding hydrogens is 360 g/mol. The Balaban J connectivity index is 2.04. The summed E-state index contributed by atoms with van der Waals surface area (Å²) in [5, 5.41) is 6.17. The summed E-state index contributed by atoms with van der Waals surface area (Å²) in [6, 6.07) is 3.29. The van der Waals surface area contributed by atoms with E-state index in [2.05, 4.69) is 17.2 Å². The Labute approximate surface area is 157 Å². The number of carbonyl (C=O) groups is 1. The van der Waals surface area contributed by atoms with Crippen LogP contribution in [0, 0.1) is 0 Å². The van der Waals surface area contributed by atoms with E-state index in [-0.39, 0.29) is 5.91 Å². The first-order valence-electron chi connectivity index (χ1n) is 8.41. The fourth-order valence-electron chi connectivity index (χ4n) is 2.18. The molecule has 0 radical (unpaired) electrons. The molecule has 1 amide bonds. The zero-order valence-corrected chi connectivity index (χ0v) is 16.1. The van der Waals surface area contributed by atoms with Gasteiger partial charge in [0.25, 0.3) is 5.91 Å². The molecule has 0 atom stereocenters. The first kappa shape index (κ1) is 19.5. The van der Waals surface area contributed by atoms with Gasteiger partial charge in [-0.2, -0.15) is 0 Å². The SMILES string of the molecule is CCCCOc1c(Cl)cc(C(=O)NCCc2nccs2)cc1OCC. The molecule has 0 spiro atoms. The minimum Gasteiger partial charge on any atom is -0.490 e. The molecule has 0 aliphatic carbocycles. The zero-order valence-electron chi connectivity index (χ0n) is 14.5. The van der Waals surface area contributed by atoms with Gasteiger partial charge < -0.3 is 14.8 Å². The van der Waals surface area contributed by atoms with Gasteiger partial charge in [-0.05, 0) is 25.5 Å². The third kappa shape index (κ3) is 5.90. The minimum absolute atomic E-state index is 0.195. The van der Waals surface area contributed by atoms with Crippen molar-refractivity contribution in [3.63, 3.8) is 0 Å². The van der Waals surface area contributed by atoms with Crippen molar-refractivity contribution in [2.75, 3.05) is 19.8 Å². The van der Waals surface area contributed by atoms with Gasteiger partial charge in [0, 0.05) is 30.1 Å². The predicted octanol–water partition coefficient (Wildman–Crippen LogP) is 4.35. The highest BCUT2D eigenvalue weighted by Gasteiger charge is 2.16. The van der Waals surface area contributed by atoms with Crippen molar-refractivity contribution in [1.82, 2.24) is 10.3 Å². The predicted molar refractivity (Wildman–Crippen MR) is 101 cm³/mol. The highest BCUT2D eigenvalue weighted by Crippen LogP contribution is 2.36. The topological polar surface area (TPSA) is 60.5 Å². The first-order valence-corrected chi connectivity index (χ1v) is 9.67. The van der Waals surface area contributed by atoms with Crippen molar-refractivity contribution in [3.8, 4) is 11.5 Å². The van der Waals surface area contributed by atoms with Gasteiger partial charge in [-0.25, -0.2) is 4.98 Å². The van der Waals surface area contributed by atoms with Gasteiger partial charge in [0.1, 0.15) is 0 Å². The van der Waals surface area contributed by atoms with Crippen LogP contribution in [0.4, 0.5) is 0 Å². The second-order valence-corrected chi connectivity index (χ2v) is 6.74. The van der Waals surface area contributed by atoms with Gasteiger partial charge in [0.05, 0.1) is 23.2 Å². The summed E-state index contributed by atoms with van der Waals surface area (Å²) >= 11 is 7.89. The summed E-state index contributed by atoms with van der Waals surface area (Å²) in [7, 11) is 0. The standard InChI is InChI=1S/C18H23ClN2O3S/c1-3-5-9-24-17-14(19)11-13(12-15(17)23-4-2)18(22)21-7-6-16-20-8-10-25-16/h8,10-12H,3-7,9H2,1-2H3,(H,21,22). The Hall–Kier alpha value is -1.79. The number of rotatable bonds is 10. The maximum Gasteiger partial charge on any atom is 0.251 e. The molecule has 25 heavy (non-hydrogen) atoms. The summed E-state index contributed by atoms with van der Waals surface area (Å²) in [5.41, 5.74) is 0.454. The maximum atomic E-state index is 12.4. The first-order chi connectivity index (χ1) is 12.2. The monoisotopic (exact) mass is 382 g/mol. The maximum absolute atomic E-state index is 12.4. The van der Waals surface area contributed by atoms with Crippen molar-refractivity contribution in [3.05, 3.63) is 39.3 Å². The Morgan fingerprint density at radius 1 is 1.32 bits per heavy atom. The zero-order chi connectivity index (χ0) is 18.1. The van der Waals surface area contributed by atoms with E-state index < -0.39 is 0 Å². The van der Waals surface area contributed by atoms with Gasteiger partial charge in [-0.1, -0.05) is 24.9 Å². The number of halogens is 1. The molecule has 5 nitrogen and oxygen atoms in total. The number of nitrogens with one attached hydrogen (secondary N) is 1. The molecule has 0 saturated heterocycles. The van der Waals surface area contributed by atoms with E-state index in [1.165, 1.54) is 0 Å². The van der Waals surface area contributed by atoms with Gasteiger partial charge in [-0.3, -0.25) is 4.79 Å². The summed E-state index contributed by atoms with van der Waals surface area (Å²) in [6.45, 7) is 5.52. The summed E-state index contributed by atoms with van der Waals surface area (Å²) < 4.78 is 11.3. The molecule has 1 heterocycles. The molecular formula is C18H23ClN2O3S. The summed E-state index contributed by atoms with van der Waals surface area (Å²) in [4.78, 5) is 16.6. The average molecular weight is 383 g/mol. The molecule has 1 aromatic carbocycles. The number of unbranched alkanes of at least 4 members (excludes halogenated alkanes) is 1. The largest absolute Gasteiger partial charge is 0.490 e. The molecule has 2 aromatic rings. The molecule has 0 aliphatic rings. The molecule has 7 heteroatoms. The highest BCUT2D eigenvalue weighted by atomic mass is 35.5. The van der Waals surface area contributed by atoms with Crippen LogP contribution in [0.25, 0.3) is 0 Å². The van der Waals surface area contributed by atoms with Gasteiger partial charge >= 0.3 is 0 Å². The Kier molecular flexibility index (Phi) is 8.01. The lowest BCUT2D eigenvalue weighted by molar-refractivity contribution is 0.0953. The summed E-state index contributed by atoms with van der Waals surface area (Å²) in [6.07, 6.45) is 4.42. The third-order valence-corrected chi connectivity index (χ3v) is 4.54. The van der Waals surface area contributed by atoms with Crippen LogP contribution in [0.2, 0.25) is 5.02 Å². The van der Waals surface area contributed by atoms with Gasteiger partial charge in [0.2, 0.25) is 0 Å². The minimum atomic E-state index is -0.195. The molecule has 1 N–H and O–H groups in total. The van der Waals surface area contributed by atoms with Crippen LogP contribution in [0.3, 0.4) is 0 Å². The molecule has 0 fully saturated rings. The van der Waals surface area contributed by atoms with Crippen LogP contribution in [-0.2, 0) is 6.42 Å². The van der Waals surface area contributed by atoms with Crippen molar-refractivity contribution in [1.29, 1.82) is 0 Å². The second-order valence-electron chi connectivity index (χ2n) is 5.35. The van der Waals surface area contributed by atoms with Crippen molar-refractivity contribution < 1.29 is 14.3 Å². The van der Waals surface area contributed by atoms with E-state index in [4.69, 9.17) is 21.1 Å². The molecule has 2 rings (SSSR count). The van der Waals surface area contributed by atoms with E-state index in [1.54, 1.807) is 29.7 Å². The van der Waals surface area contributed by atoms with Crippen LogP contribution in [0.15, 0.2) is 23.7 Å². The summed E-state index contributed by atoms with van der Waals surface area (Å²) in [5.74, 6) is 0.798. The van der Waals surface area contributed by atoms with Gasteiger partial charge in [-0.15, -0.1) is 11.3 Å². The van der Waals surface area contributed by atoms with E-state index in [1.807, 2.05) is 12.3 Å². The van der Waals surface area contributed by atoms with Crippen LogP contribution in [-0.4, -0.2) is 30.6 Å². The molecule has 1 aromatic heterocycles. The number of ether oxygens (including phenoxy) is 2. The second kappa shape index (κ2) is 10.3. The van der Waals surface area contributed by atoms with Crippen molar-refractivity contribution >= 4 is 28.8 Å². The highest BCUT2D eigenvalue weighted by molar-refractivity contribution is 7.09. The van der Waals surface area contributed by atoms with E-state index in [0.717, 1.165) is 17.8 Å². The fraction of sp³-hybridized carbons (Fsp3) is 0.444. The normalized spacial score (nSPS) is 10.5. The Morgan fingerprint density at radius 2 is 2.16 bits per heavy atom. The number of hydrogen-bond donors (Lipinski definition) is 1. The molecule has 136 valence electrons. The Bertz CT molecular complexity index is 677. The molecule has 0 aliphatic heterocycles. The number of carbonyl (C=O) groups excluding carboxylic acids is 1. The van der Waals surface area contributed by atoms with Crippen LogP contribution < -0.4 is 14.8 Å². The number of benzene rings is 1.